The number of carbonyl (C=O) groups is 1. The molecule has 0 bridgehead atoms. The van der Waals surface area contributed by atoms with Gasteiger partial charge in [-0.2, -0.15) is 0 Å². The van der Waals surface area contributed by atoms with Crippen LogP contribution < -0.4 is 5.32 Å². The first-order chi connectivity index (χ1) is 35.5. The molecule has 73 heavy (non-hydrogen) atoms. The summed E-state index contributed by atoms with van der Waals surface area (Å²) in [5, 5.41) is 13.8. The van der Waals surface area contributed by atoms with Crippen molar-refractivity contribution in [2.75, 3.05) is 40.9 Å². The summed E-state index contributed by atoms with van der Waals surface area (Å²) in [7, 11) is 1.56. The number of unbranched alkanes of at least 4 members (excludes halogenated alkanes) is 24. The zero-order valence-electron chi connectivity index (χ0n) is 47.8. The smallest absolute Gasteiger partial charge is 0.387 e. The molecule has 0 aromatic heterocycles. The fraction of sp³-hybridized carbons (Fsp3) is 0.703. The Bertz CT molecular complexity index is 1550. The summed E-state index contributed by atoms with van der Waals surface area (Å²) >= 11 is 0. The molecule has 0 aliphatic heterocycles. The van der Waals surface area contributed by atoms with E-state index in [1.165, 1.54) is 128 Å². The highest BCUT2D eigenvalue weighted by atomic mass is 31.2. The van der Waals surface area contributed by atoms with E-state index >= 15 is 0 Å². The van der Waals surface area contributed by atoms with Gasteiger partial charge in [0.15, 0.2) is 0 Å². The van der Waals surface area contributed by atoms with Crippen molar-refractivity contribution in [3.05, 3.63) is 109 Å². The molecule has 420 valence electrons. The molecule has 0 saturated heterocycles. The van der Waals surface area contributed by atoms with Crippen molar-refractivity contribution in [1.29, 1.82) is 0 Å². The second-order valence-corrected chi connectivity index (χ2v) is 22.4. The number of likely N-dealkylation sites (N-methyl/N-ethyl adjacent to an activating group) is 1. The molecular weight excluding hydrogens is 924 g/mol. The SMILES string of the molecule is CC/C=C\C/C=C\C/C=C\C/C=C\C/C=C\C/C=C\C/C=C\C/C=C\CCCCCCCCCCCCCCCCCCC(=O)NC(COP(=O)(O)OCC[N+](C)(C)C)C(O)/C=C/CCCCCCCCCC. The lowest BCUT2D eigenvalue weighted by Gasteiger charge is -2.25. The van der Waals surface area contributed by atoms with Crippen molar-refractivity contribution in [3.63, 3.8) is 0 Å². The van der Waals surface area contributed by atoms with Crippen molar-refractivity contribution in [2.45, 2.75) is 251 Å². The molecule has 3 unspecified atom stereocenters. The van der Waals surface area contributed by atoms with Crippen LogP contribution in [0, 0.1) is 0 Å². The molecule has 0 fully saturated rings. The Labute approximate surface area is 451 Å². The van der Waals surface area contributed by atoms with Gasteiger partial charge in [-0.3, -0.25) is 13.8 Å². The van der Waals surface area contributed by atoms with Gasteiger partial charge in [-0.25, -0.2) is 4.57 Å². The number of phosphoric acid groups is 1. The van der Waals surface area contributed by atoms with Gasteiger partial charge in [0.25, 0.3) is 0 Å². The summed E-state index contributed by atoms with van der Waals surface area (Å²) in [6.45, 7) is 4.67. The number of hydrogen-bond acceptors (Lipinski definition) is 5. The number of amides is 1. The van der Waals surface area contributed by atoms with Crippen molar-refractivity contribution in [2.24, 2.45) is 0 Å². The average Bonchev–Trinajstić information content (AvgIpc) is 3.35. The molecule has 0 aromatic carbocycles. The predicted molar refractivity (Wildman–Crippen MR) is 318 cm³/mol. The van der Waals surface area contributed by atoms with Crippen LogP contribution in [0.1, 0.15) is 239 Å². The molecule has 0 spiro atoms. The van der Waals surface area contributed by atoms with Crippen LogP contribution in [0.4, 0.5) is 0 Å². The molecule has 0 aliphatic carbocycles. The largest absolute Gasteiger partial charge is 0.472 e. The Hall–Kier alpha value is -2.84. The molecule has 9 heteroatoms. The van der Waals surface area contributed by atoms with Crippen LogP contribution in [0.15, 0.2) is 109 Å². The third kappa shape index (κ3) is 56.7. The Morgan fingerprint density at radius 1 is 0.479 bits per heavy atom. The zero-order valence-corrected chi connectivity index (χ0v) is 48.7. The van der Waals surface area contributed by atoms with E-state index < -0.39 is 20.0 Å². The van der Waals surface area contributed by atoms with Crippen LogP contribution in [-0.4, -0.2) is 73.4 Å². The van der Waals surface area contributed by atoms with E-state index in [0.29, 0.717) is 17.4 Å². The van der Waals surface area contributed by atoms with Crippen molar-refractivity contribution < 1.29 is 32.9 Å². The number of rotatable bonds is 53. The molecule has 3 N–H and O–H groups in total. The van der Waals surface area contributed by atoms with Crippen LogP contribution in [0.5, 0.6) is 0 Å². The van der Waals surface area contributed by atoms with Gasteiger partial charge >= 0.3 is 7.82 Å². The number of allylic oxidation sites excluding steroid dienone is 17. The fourth-order valence-electron chi connectivity index (χ4n) is 8.12. The van der Waals surface area contributed by atoms with Crippen LogP contribution in [0.25, 0.3) is 0 Å². The summed E-state index contributed by atoms with van der Waals surface area (Å²) in [6.07, 6.45) is 79.3. The normalized spacial score (nSPS) is 14.7. The monoisotopic (exact) mass is 1040 g/mol. The molecule has 0 rings (SSSR count). The van der Waals surface area contributed by atoms with E-state index in [1.54, 1.807) is 6.08 Å². The van der Waals surface area contributed by atoms with Gasteiger partial charge in [-0.1, -0.05) is 258 Å². The summed E-state index contributed by atoms with van der Waals surface area (Å²) in [5.74, 6) is -0.181. The molecular formula is C64H114N2O6P+. The van der Waals surface area contributed by atoms with E-state index in [2.05, 4.69) is 116 Å². The van der Waals surface area contributed by atoms with Gasteiger partial charge in [-0.05, 0) is 83.5 Å². The number of nitrogens with one attached hydrogen (secondary N) is 1. The molecule has 8 nitrogen and oxygen atoms in total. The minimum absolute atomic E-state index is 0.0585. The number of nitrogens with zero attached hydrogens (tertiary/aromatic N) is 1. The lowest BCUT2D eigenvalue weighted by atomic mass is 10.0. The number of phosphoric ester groups is 1. The minimum atomic E-state index is -4.34. The molecule has 0 radical (unpaired) electrons. The third-order valence-corrected chi connectivity index (χ3v) is 13.7. The quantitative estimate of drug-likeness (QED) is 0.0243. The first-order valence-corrected chi connectivity index (χ1v) is 31.3. The number of quaternary nitrogens is 1. The molecule has 1 amide bonds. The fourth-order valence-corrected chi connectivity index (χ4v) is 8.85. The highest BCUT2D eigenvalue weighted by Crippen LogP contribution is 2.43. The van der Waals surface area contributed by atoms with E-state index in [9.17, 15) is 19.4 Å². The van der Waals surface area contributed by atoms with Crippen LogP contribution in [0.2, 0.25) is 0 Å². The van der Waals surface area contributed by atoms with E-state index in [-0.39, 0.29) is 19.1 Å². The third-order valence-electron chi connectivity index (χ3n) is 12.7. The maximum absolute atomic E-state index is 12.9. The van der Waals surface area contributed by atoms with Crippen molar-refractivity contribution in [1.82, 2.24) is 5.32 Å². The van der Waals surface area contributed by atoms with E-state index in [1.807, 2.05) is 27.2 Å². The topological polar surface area (TPSA) is 105 Å². The Kier molecular flexibility index (Phi) is 51.9. The average molecular weight is 1040 g/mol. The second-order valence-electron chi connectivity index (χ2n) is 21.0. The number of carbonyl (C=O) groups excluding carboxylic acids is 1. The maximum Gasteiger partial charge on any atom is 0.472 e. The first kappa shape index (κ1) is 70.2. The number of hydrogen-bond donors (Lipinski definition) is 3. The molecule has 0 heterocycles. The van der Waals surface area contributed by atoms with Crippen LogP contribution >= 0.6 is 7.82 Å². The van der Waals surface area contributed by atoms with Gasteiger partial charge in [0.2, 0.25) is 5.91 Å². The summed E-state index contributed by atoms with van der Waals surface area (Å²) in [4.78, 5) is 23.2. The maximum atomic E-state index is 12.9. The van der Waals surface area contributed by atoms with Crippen molar-refractivity contribution in [3.8, 4) is 0 Å². The van der Waals surface area contributed by atoms with Crippen LogP contribution in [-0.2, 0) is 18.4 Å². The van der Waals surface area contributed by atoms with Gasteiger partial charge in [-0.15, -0.1) is 0 Å². The summed E-state index contributed by atoms with van der Waals surface area (Å²) < 4.78 is 23.6. The molecule has 0 aliphatic rings. The van der Waals surface area contributed by atoms with Gasteiger partial charge < -0.3 is 19.8 Å². The van der Waals surface area contributed by atoms with Gasteiger partial charge in [0, 0.05) is 6.42 Å². The highest BCUT2D eigenvalue weighted by Gasteiger charge is 2.27. The summed E-state index contributed by atoms with van der Waals surface area (Å²) in [6, 6.07) is -0.849. The molecule has 0 saturated carbocycles. The minimum Gasteiger partial charge on any atom is -0.387 e. The van der Waals surface area contributed by atoms with Crippen LogP contribution in [0.3, 0.4) is 0 Å². The molecule has 3 atom stereocenters. The Morgan fingerprint density at radius 2 is 0.822 bits per heavy atom. The van der Waals surface area contributed by atoms with E-state index in [4.69, 9.17) is 9.05 Å². The Morgan fingerprint density at radius 3 is 1.21 bits per heavy atom. The lowest BCUT2D eigenvalue weighted by molar-refractivity contribution is -0.870. The second kappa shape index (κ2) is 54.0. The standard InChI is InChI=1S/C64H113N2O6P/c1-6-8-10-12-14-16-18-19-20-21-22-23-24-25-26-27-28-29-30-31-32-33-34-35-36-37-38-39-40-41-42-43-44-45-46-47-48-50-52-54-56-58-64(68)65-62(61-72-73(69,70)71-60-59-66(3,4)5)63(67)57-55-53-51-49-17-15-13-11-9-7-2/h8,10,14,16,19-20,22-23,25-26,28-29,31-32,34-35,55,57,62-63,67H,6-7,9,11-13,15,17-18,21,24,27,30,33,36-54,56,58-61H2,1-5H3,(H-,65,68,69,70)/p+1/b10-8-,16-14-,20-19-,23-22-,26-25-,29-28-,32-31-,35-34-,57-55+. The Balaban J connectivity index is 3.93. The summed E-state index contributed by atoms with van der Waals surface area (Å²) in [5.41, 5.74) is 0. The predicted octanol–water partition coefficient (Wildman–Crippen LogP) is 18.4. The zero-order chi connectivity index (χ0) is 53.5. The number of aliphatic hydroxyl groups excluding tert-OH is 1. The van der Waals surface area contributed by atoms with Gasteiger partial charge in [0.05, 0.1) is 39.9 Å². The van der Waals surface area contributed by atoms with E-state index in [0.717, 1.165) is 89.9 Å². The molecule has 0 aromatic rings. The van der Waals surface area contributed by atoms with Gasteiger partial charge in [0.1, 0.15) is 13.2 Å². The highest BCUT2D eigenvalue weighted by molar-refractivity contribution is 7.47. The lowest BCUT2D eigenvalue weighted by Crippen LogP contribution is -2.45. The van der Waals surface area contributed by atoms with Crippen molar-refractivity contribution >= 4 is 13.7 Å². The number of aliphatic hydroxyl groups is 1. The first-order valence-electron chi connectivity index (χ1n) is 29.8.